The third kappa shape index (κ3) is 6.72. The lowest BCUT2D eigenvalue weighted by molar-refractivity contribution is 0.0947. The van der Waals surface area contributed by atoms with E-state index in [1.807, 2.05) is 30.3 Å². The minimum atomic E-state index is -3.67. The summed E-state index contributed by atoms with van der Waals surface area (Å²) in [6.07, 6.45) is 2.85. The predicted octanol–water partition coefficient (Wildman–Crippen LogP) is 3.25. The van der Waals surface area contributed by atoms with Gasteiger partial charge in [0.05, 0.1) is 35.5 Å². The van der Waals surface area contributed by atoms with Crippen molar-refractivity contribution in [3.05, 3.63) is 90.0 Å². The molecule has 9 nitrogen and oxygen atoms in total. The van der Waals surface area contributed by atoms with Gasteiger partial charge in [-0.25, -0.2) is 16.8 Å². The van der Waals surface area contributed by atoms with Gasteiger partial charge in [-0.1, -0.05) is 42.5 Å². The lowest BCUT2D eigenvalue weighted by atomic mass is 10.1. The maximum Gasteiger partial charge on any atom is 0.253 e. The second kappa shape index (κ2) is 12.0. The fourth-order valence-electron chi connectivity index (χ4n) is 4.23. The summed E-state index contributed by atoms with van der Waals surface area (Å²) in [5.74, 6) is 0.0455. The number of hydrogen-bond donors (Lipinski definition) is 1. The number of hydrogen-bond acceptors (Lipinski definition) is 6. The van der Waals surface area contributed by atoms with Gasteiger partial charge in [-0.05, 0) is 54.8 Å². The monoisotopic (exact) mass is 557 g/mol. The first-order valence-corrected chi connectivity index (χ1v) is 15.6. The highest BCUT2D eigenvalue weighted by Gasteiger charge is 2.27. The smallest absolute Gasteiger partial charge is 0.253 e. The number of para-hydroxylation sites is 1. The normalized spacial score (nSPS) is 14.2. The van der Waals surface area contributed by atoms with Crippen LogP contribution in [0.1, 0.15) is 28.8 Å². The summed E-state index contributed by atoms with van der Waals surface area (Å²) in [5, 5.41) is 2.76. The molecule has 3 aromatic carbocycles. The van der Waals surface area contributed by atoms with Gasteiger partial charge >= 0.3 is 0 Å². The van der Waals surface area contributed by atoms with Gasteiger partial charge < -0.3 is 10.1 Å². The minimum Gasteiger partial charge on any atom is -0.492 e. The van der Waals surface area contributed by atoms with Gasteiger partial charge in [0.1, 0.15) is 12.4 Å². The number of ether oxygens (including phenoxy) is 1. The molecule has 4 rings (SSSR count). The molecular weight excluding hydrogens is 526 g/mol. The van der Waals surface area contributed by atoms with E-state index in [4.69, 9.17) is 4.74 Å². The molecule has 0 aromatic heterocycles. The molecule has 1 amide bonds. The topological polar surface area (TPSA) is 113 Å². The Morgan fingerprint density at radius 1 is 0.895 bits per heavy atom. The Kier molecular flexibility index (Phi) is 8.70. The molecule has 38 heavy (non-hydrogen) atoms. The number of amides is 1. The van der Waals surface area contributed by atoms with Crippen LogP contribution in [-0.4, -0.2) is 59.5 Å². The van der Waals surface area contributed by atoms with Crippen molar-refractivity contribution in [3.63, 3.8) is 0 Å². The number of carbonyl (C=O) groups is 1. The van der Waals surface area contributed by atoms with Gasteiger partial charge in [0.2, 0.25) is 20.0 Å². The van der Waals surface area contributed by atoms with Crippen LogP contribution in [0, 0.1) is 0 Å². The van der Waals surface area contributed by atoms with Gasteiger partial charge in [-0.2, -0.15) is 4.31 Å². The quantitative estimate of drug-likeness (QED) is 0.362. The molecule has 1 aliphatic heterocycles. The maximum atomic E-state index is 13.0. The predicted molar refractivity (Wildman–Crippen MR) is 146 cm³/mol. The fraction of sp³-hybridized carbons (Fsp3) is 0.296. The van der Waals surface area contributed by atoms with Gasteiger partial charge in [-0.15, -0.1) is 0 Å². The Hall–Kier alpha value is -3.41. The molecule has 3 aromatic rings. The highest BCUT2D eigenvalue weighted by atomic mass is 32.2. The fourth-order valence-corrected chi connectivity index (χ4v) is 6.64. The summed E-state index contributed by atoms with van der Waals surface area (Å²) < 4.78 is 58.9. The van der Waals surface area contributed by atoms with Crippen molar-refractivity contribution in [1.29, 1.82) is 0 Å². The van der Waals surface area contributed by atoms with Gasteiger partial charge in [0.15, 0.2) is 0 Å². The molecule has 0 saturated carbocycles. The van der Waals surface area contributed by atoms with Crippen LogP contribution in [0.15, 0.2) is 83.8 Å². The Morgan fingerprint density at radius 2 is 1.53 bits per heavy atom. The molecule has 1 aliphatic rings. The molecule has 0 bridgehead atoms. The van der Waals surface area contributed by atoms with Crippen LogP contribution in [0.25, 0.3) is 0 Å². The second-order valence-corrected chi connectivity index (χ2v) is 12.8. The molecular formula is C27H31N3O6S2. The van der Waals surface area contributed by atoms with E-state index in [9.17, 15) is 21.6 Å². The molecule has 0 aliphatic carbocycles. The SMILES string of the molecule is CS(=O)(=O)N(Cc1ccccc1)c1ccccc1C(=O)NCCOc1ccc(S(=O)(=O)N2CCCC2)cc1. The van der Waals surface area contributed by atoms with E-state index < -0.39 is 26.0 Å². The average Bonchev–Trinajstić information content (AvgIpc) is 3.46. The van der Waals surface area contributed by atoms with Crippen LogP contribution in [-0.2, 0) is 26.6 Å². The first kappa shape index (κ1) is 27.6. The van der Waals surface area contributed by atoms with Crippen molar-refractivity contribution in [2.75, 3.05) is 36.8 Å². The maximum absolute atomic E-state index is 13.0. The number of nitrogens with one attached hydrogen (secondary N) is 1. The van der Waals surface area contributed by atoms with Crippen LogP contribution in [0.5, 0.6) is 5.75 Å². The van der Waals surface area contributed by atoms with E-state index in [2.05, 4.69) is 5.32 Å². The molecule has 0 radical (unpaired) electrons. The molecule has 1 fully saturated rings. The Morgan fingerprint density at radius 3 is 2.18 bits per heavy atom. The first-order valence-electron chi connectivity index (χ1n) is 12.3. The largest absolute Gasteiger partial charge is 0.492 e. The summed E-state index contributed by atoms with van der Waals surface area (Å²) >= 11 is 0. The average molecular weight is 558 g/mol. The molecule has 0 unspecified atom stereocenters. The summed E-state index contributed by atoms with van der Waals surface area (Å²) in [6.45, 7) is 1.48. The zero-order chi connectivity index (χ0) is 27.2. The second-order valence-electron chi connectivity index (χ2n) is 8.96. The van der Waals surface area contributed by atoms with Crippen LogP contribution >= 0.6 is 0 Å². The number of sulfonamides is 2. The van der Waals surface area contributed by atoms with Crippen molar-refractivity contribution in [2.45, 2.75) is 24.3 Å². The molecule has 1 N–H and O–H groups in total. The molecule has 202 valence electrons. The van der Waals surface area contributed by atoms with Crippen molar-refractivity contribution in [3.8, 4) is 5.75 Å². The van der Waals surface area contributed by atoms with E-state index in [0.717, 1.165) is 24.7 Å². The van der Waals surface area contributed by atoms with Crippen LogP contribution in [0.2, 0.25) is 0 Å². The van der Waals surface area contributed by atoms with Crippen molar-refractivity contribution < 1.29 is 26.4 Å². The van der Waals surface area contributed by atoms with E-state index in [-0.39, 0.29) is 35.8 Å². The number of carbonyl (C=O) groups excluding carboxylic acids is 1. The molecule has 11 heteroatoms. The van der Waals surface area contributed by atoms with Gasteiger partial charge in [0.25, 0.3) is 5.91 Å². The van der Waals surface area contributed by atoms with E-state index in [1.165, 1.54) is 20.7 Å². The molecule has 0 atom stereocenters. The lowest BCUT2D eigenvalue weighted by Gasteiger charge is -2.24. The highest BCUT2D eigenvalue weighted by molar-refractivity contribution is 7.92. The van der Waals surface area contributed by atoms with Crippen LogP contribution < -0.4 is 14.4 Å². The van der Waals surface area contributed by atoms with Crippen molar-refractivity contribution in [1.82, 2.24) is 9.62 Å². The van der Waals surface area contributed by atoms with E-state index in [0.29, 0.717) is 18.8 Å². The number of anilines is 1. The Labute approximate surface area is 224 Å². The third-order valence-electron chi connectivity index (χ3n) is 6.17. The van der Waals surface area contributed by atoms with Crippen molar-refractivity contribution in [2.24, 2.45) is 0 Å². The Balaban J connectivity index is 1.37. The van der Waals surface area contributed by atoms with Gasteiger partial charge in [0, 0.05) is 13.1 Å². The van der Waals surface area contributed by atoms with Crippen molar-refractivity contribution >= 4 is 31.6 Å². The zero-order valence-electron chi connectivity index (χ0n) is 21.1. The van der Waals surface area contributed by atoms with Gasteiger partial charge in [-0.3, -0.25) is 9.10 Å². The molecule has 1 saturated heterocycles. The summed E-state index contributed by atoms with van der Waals surface area (Å²) in [6, 6.07) is 21.9. The Bertz CT molecular complexity index is 1450. The third-order valence-corrected chi connectivity index (χ3v) is 9.21. The summed E-state index contributed by atoms with van der Waals surface area (Å²) in [5.41, 5.74) is 1.30. The molecule has 0 spiro atoms. The first-order chi connectivity index (χ1) is 18.2. The molecule has 1 heterocycles. The highest BCUT2D eigenvalue weighted by Crippen LogP contribution is 2.26. The summed E-state index contributed by atoms with van der Waals surface area (Å²) in [4.78, 5) is 13.2. The number of rotatable bonds is 11. The van der Waals surface area contributed by atoms with Crippen LogP contribution in [0.3, 0.4) is 0 Å². The van der Waals surface area contributed by atoms with Crippen LogP contribution in [0.4, 0.5) is 5.69 Å². The minimum absolute atomic E-state index is 0.0938. The standard InChI is InChI=1S/C27H31N3O6S2/c1-37(32,33)30(21-22-9-3-2-4-10-22)26-12-6-5-11-25(26)27(31)28-17-20-36-23-13-15-24(16-14-23)38(34,35)29-18-7-8-19-29/h2-6,9-16H,7-8,17-21H2,1H3,(H,28,31). The summed E-state index contributed by atoms with van der Waals surface area (Å²) in [7, 11) is -7.16. The number of nitrogens with zero attached hydrogens (tertiary/aromatic N) is 2. The van der Waals surface area contributed by atoms with E-state index in [1.54, 1.807) is 36.4 Å². The van der Waals surface area contributed by atoms with E-state index >= 15 is 0 Å². The lowest BCUT2D eigenvalue weighted by Crippen LogP contribution is -2.33. The zero-order valence-corrected chi connectivity index (χ0v) is 22.7. The number of benzene rings is 3.